The molecule has 1 heterocycles. The van der Waals surface area contributed by atoms with Gasteiger partial charge in [-0.2, -0.15) is 0 Å². The van der Waals surface area contributed by atoms with Crippen molar-refractivity contribution in [3.63, 3.8) is 0 Å². The van der Waals surface area contributed by atoms with Crippen molar-refractivity contribution in [2.24, 2.45) is 0 Å². The van der Waals surface area contributed by atoms with Gasteiger partial charge in [-0.3, -0.25) is 14.4 Å². The molecule has 1 aliphatic rings. The van der Waals surface area contributed by atoms with Gasteiger partial charge in [0.15, 0.2) is 0 Å². The molecule has 2 atom stereocenters. The van der Waals surface area contributed by atoms with Crippen molar-refractivity contribution in [1.82, 2.24) is 10.4 Å². The van der Waals surface area contributed by atoms with E-state index in [1.807, 2.05) is 20.8 Å². The minimum Gasteiger partial charge on any atom is -0.314 e. The van der Waals surface area contributed by atoms with Crippen LogP contribution in [-0.2, 0) is 14.4 Å². The van der Waals surface area contributed by atoms with E-state index in [2.05, 4.69) is 5.48 Å². The molecule has 1 aliphatic heterocycles. The van der Waals surface area contributed by atoms with Gasteiger partial charge < -0.3 is 4.90 Å². The Bertz CT molecular complexity index is 367. The predicted molar refractivity (Wildman–Crippen MR) is 76.4 cm³/mol. The lowest BCUT2D eigenvalue weighted by atomic mass is 10.2. The lowest BCUT2D eigenvalue weighted by Crippen LogP contribution is -2.49. The molecule has 0 aromatic rings. The number of nitrogens with zero attached hydrogens (tertiary/aromatic N) is 1. The zero-order chi connectivity index (χ0) is 14.4. The Kier molecular flexibility index (Phi) is 6.37. The van der Waals surface area contributed by atoms with Gasteiger partial charge in [-0.15, -0.1) is 11.8 Å². The van der Waals surface area contributed by atoms with Crippen LogP contribution in [0.1, 0.15) is 34.1 Å². The fraction of sp³-hybridized carbons (Fsp3) is 0.692. The molecule has 0 saturated carbocycles. The van der Waals surface area contributed by atoms with E-state index in [-0.39, 0.29) is 17.2 Å². The van der Waals surface area contributed by atoms with Gasteiger partial charge in [0.05, 0.1) is 12.0 Å². The number of carbonyl (C=O) groups is 2. The van der Waals surface area contributed by atoms with Gasteiger partial charge in [0.25, 0.3) is 5.91 Å². The van der Waals surface area contributed by atoms with Crippen LogP contribution in [0.3, 0.4) is 0 Å². The van der Waals surface area contributed by atoms with Crippen LogP contribution in [0.15, 0.2) is 11.6 Å². The summed E-state index contributed by atoms with van der Waals surface area (Å²) in [5, 5.41) is 0.0560. The summed E-state index contributed by atoms with van der Waals surface area (Å²) < 4.78 is 0. The van der Waals surface area contributed by atoms with Gasteiger partial charge in [0.2, 0.25) is 5.91 Å². The van der Waals surface area contributed by atoms with Crippen LogP contribution >= 0.6 is 11.8 Å². The maximum Gasteiger partial charge on any atom is 0.267 e. The second kappa shape index (κ2) is 7.55. The smallest absolute Gasteiger partial charge is 0.267 e. The van der Waals surface area contributed by atoms with E-state index in [0.29, 0.717) is 12.4 Å². The topological polar surface area (TPSA) is 58.6 Å². The summed E-state index contributed by atoms with van der Waals surface area (Å²) in [5.41, 5.74) is 3.32. The number of rotatable bonds is 5. The number of amides is 2. The number of hydrogen-bond donors (Lipinski definition) is 1. The summed E-state index contributed by atoms with van der Waals surface area (Å²) in [6.45, 7) is 7.97. The summed E-state index contributed by atoms with van der Waals surface area (Å²) in [6.07, 6.45) is 2.40. The minimum atomic E-state index is -0.454. The molecule has 1 N–H and O–H groups in total. The van der Waals surface area contributed by atoms with Crippen molar-refractivity contribution >= 4 is 23.6 Å². The Hall–Kier alpha value is -1.01. The molecular formula is C13H22N2O3S. The third-order valence-electron chi connectivity index (χ3n) is 2.73. The van der Waals surface area contributed by atoms with Gasteiger partial charge in [-0.1, -0.05) is 12.5 Å². The largest absolute Gasteiger partial charge is 0.314 e. The third kappa shape index (κ3) is 4.24. The lowest BCUT2D eigenvalue weighted by molar-refractivity contribution is -0.143. The Morgan fingerprint density at radius 3 is 2.63 bits per heavy atom. The molecule has 0 aromatic heterocycles. The van der Waals surface area contributed by atoms with E-state index in [4.69, 9.17) is 4.84 Å². The number of nitrogens with one attached hydrogen (secondary N) is 1. The Labute approximate surface area is 118 Å². The second-order valence-corrected chi connectivity index (χ2v) is 5.79. The summed E-state index contributed by atoms with van der Waals surface area (Å²) >= 11 is 1.64. The van der Waals surface area contributed by atoms with Crippen LogP contribution in [0.2, 0.25) is 0 Å². The minimum absolute atomic E-state index is 0.0560. The predicted octanol–water partition coefficient (Wildman–Crippen LogP) is 1.70. The van der Waals surface area contributed by atoms with Crippen LogP contribution in [0, 0.1) is 0 Å². The molecule has 0 bridgehead atoms. The van der Waals surface area contributed by atoms with E-state index in [9.17, 15) is 9.59 Å². The first-order valence-corrected chi connectivity index (χ1v) is 7.56. The first kappa shape index (κ1) is 16.0. The van der Waals surface area contributed by atoms with Crippen molar-refractivity contribution in [2.45, 2.75) is 45.5 Å². The van der Waals surface area contributed by atoms with Crippen molar-refractivity contribution < 1.29 is 14.4 Å². The van der Waals surface area contributed by atoms with Crippen LogP contribution in [0.4, 0.5) is 0 Å². The number of carbonyl (C=O) groups excluding carboxylic acids is 2. The van der Waals surface area contributed by atoms with Crippen LogP contribution < -0.4 is 5.48 Å². The molecule has 0 aliphatic carbocycles. The molecule has 108 valence electrons. The quantitative estimate of drug-likeness (QED) is 0.617. The van der Waals surface area contributed by atoms with Crippen LogP contribution in [0.5, 0.6) is 0 Å². The summed E-state index contributed by atoms with van der Waals surface area (Å²) in [5.74, 6) is 0.258. The van der Waals surface area contributed by atoms with Crippen molar-refractivity contribution in [2.75, 3.05) is 12.4 Å². The molecular weight excluding hydrogens is 264 g/mol. The molecule has 0 spiro atoms. The van der Waals surface area contributed by atoms with Crippen molar-refractivity contribution in [3.8, 4) is 0 Å². The highest BCUT2D eigenvalue weighted by atomic mass is 32.2. The van der Waals surface area contributed by atoms with Gasteiger partial charge in [0, 0.05) is 11.8 Å². The van der Waals surface area contributed by atoms with Gasteiger partial charge >= 0.3 is 0 Å². The third-order valence-corrected chi connectivity index (χ3v) is 4.18. The number of hydrogen-bond acceptors (Lipinski definition) is 4. The van der Waals surface area contributed by atoms with E-state index in [1.165, 1.54) is 0 Å². The van der Waals surface area contributed by atoms with Crippen LogP contribution in [-0.4, -0.2) is 40.5 Å². The van der Waals surface area contributed by atoms with E-state index >= 15 is 0 Å². The first-order chi connectivity index (χ1) is 9.01. The average molecular weight is 286 g/mol. The van der Waals surface area contributed by atoms with Crippen molar-refractivity contribution in [3.05, 3.63) is 11.6 Å². The van der Waals surface area contributed by atoms with Crippen molar-refractivity contribution in [1.29, 1.82) is 0 Å². The molecule has 6 heteroatoms. The van der Waals surface area contributed by atoms with Crippen LogP contribution in [0.25, 0.3) is 0 Å². The van der Waals surface area contributed by atoms with E-state index < -0.39 is 6.04 Å². The number of thioether (sulfide) groups is 1. The summed E-state index contributed by atoms with van der Waals surface area (Å²) in [7, 11) is 0. The summed E-state index contributed by atoms with van der Waals surface area (Å²) in [4.78, 5) is 30.8. The number of hydroxylamine groups is 1. The molecule has 5 nitrogen and oxygen atoms in total. The Balaban J connectivity index is 2.82. The summed E-state index contributed by atoms with van der Waals surface area (Å²) in [6, 6.07) is -0.454. The molecule has 0 radical (unpaired) electrons. The van der Waals surface area contributed by atoms with Gasteiger partial charge in [-0.25, -0.2) is 5.48 Å². The highest BCUT2D eigenvalue weighted by molar-refractivity contribution is 8.00. The molecule has 1 rings (SSSR count). The fourth-order valence-electron chi connectivity index (χ4n) is 1.91. The fourth-order valence-corrected chi connectivity index (χ4v) is 3.27. The highest BCUT2D eigenvalue weighted by Crippen LogP contribution is 2.31. The second-order valence-electron chi connectivity index (χ2n) is 4.58. The monoisotopic (exact) mass is 286 g/mol. The highest BCUT2D eigenvalue weighted by Gasteiger charge is 2.40. The van der Waals surface area contributed by atoms with E-state index in [1.54, 1.807) is 29.7 Å². The Morgan fingerprint density at radius 2 is 2.11 bits per heavy atom. The lowest BCUT2D eigenvalue weighted by Gasteiger charge is -2.27. The van der Waals surface area contributed by atoms with E-state index in [0.717, 1.165) is 12.0 Å². The zero-order valence-corrected chi connectivity index (χ0v) is 12.8. The molecule has 2 amide bonds. The SMILES string of the molecule is CCONC(=O)C1CSC(CC)N1C(=O)C=C(C)C. The van der Waals surface area contributed by atoms with Gasteiger partial charge in [-0.05, 0) is 27.2 Å². The standard InChI is InChI=1S/C13H22N2O3S/c1-5-12-15(11(16)7-9(3)4)10(8-19-12)13(17)14-18-6-2/h7,10,12H,5-6,8H2,1-4H3,(H,14,17). The molecule has 1 fully saturated rings. The zero-order valence-electron chi connectivity index (χ0n) is 11.9. The maximum absolute atomic E-state index is 12.2. The average Bonchev–Trinajstić information content (AvgIpc) is 2.78. The molecule has 1 saturated heterocycles. The molecule has 19 heavy (non-hydrogen) atoms. The molecule has 2 unspecified atom stereocenters. The maximum atomic E-state index is 12.2. The first-order valence-electron chi connectivity index (χ1n) is 6.51. The normalized spacial score (nSPS) is 22.2. The molecule has 0 aromatic carbocycles. The van der Waals surface area contributed by atoms with Gasteiger partial charge in [0.1, 0.15) is 6.04 Å². The number of allylic oxidation sites excluding steroid dienone is 1. The Morgan fingerprint density at radius 1 is 1.42 bits per heavy atom.